The molecule has 0 saturated carbocycles. The Morgan fingerprint density at radius 1 is 0.958 bits per heavy atom. The molecule has 0 bridgehead atoms. The fraction of sp³-hybridized carbons (Fsp3) is 0.688. The standard InChI is InChI=1S/C16H26N6O2/c1-19-5-7-20(8-6-19)14-3-4-15(18-17-14)21-9-11-22(12-10-21)16(23)13-24-2/h3-4H,5-13H2,1-2H3. The lowest BCUT2D eigenvalue weighted by Crippen LogP contribution is -2.50. The number of carbonyl (C=O) groups is 1. The van der Waals surface area contributed by atoms with Crippen molar-refractivity contribution in [3.8, 4) is 0 Å². The Hall–Kier alpha value is -1.93. The Kier molecular flexibility index (Phi) is 5.47. The molecule has 0 atom stereocenters. The van der Waals surface area contributed by atoms with Gasteiger partial charge in [0, 0.05) is 59.5 Å². The van der Waals surface area contributed by atoms with E-state index in [4.69, 9.17) is 4.74 Å². The SMILES string of the molecule is COCC(=O)N1CCN(c2ccc(N3CCN(C)CC3)nn2)CC1. The first-order chi connectivity index (χ1) is 11.7. The van der Waals surface area contributed by atoms with Crippen molar-refractivity contribution in [1.29, 1.82) is 0 Å². The van der Waals surface area contributed by atoms with E-state index in [9.17, 15) is 4.79 Å². The van der Waals surface area contributed by atoms with Gasteiger partial charge in [-0.3, -0.25) is 4.79 Å². The van der Waals surface area contributed by atoms with Gasteiger partial charge in [0.15, 0.2) is 11.6 Å². The van der Waals surface area contributed by atoms with Crippen LogP contribution in [-0.2, 0) is 9.53 Å². The molecule has 0 N–H and O–H groups in total. The van der Waals surface area contributed by atoms with E-state index < -0.39 is 0 Å². The van der Waals surface area contributed by atoms with Crippen LogP contribution in [0.15, 0.2) is 12.1 Å². The Bertz CT molecular complexity index is 536. The number of rotatable bonds is 4. The second-order valence-corrected chi connectivity index (χ2v) is 6.34. The number of ether oxygens (including phenoxy) is 1. The summed E-state index contributed by atoms with van der Waals surface area (Å²) in [7, 11) is 3.69. The predicted molar refractivity (Wildman–Crippen MR) is 92.4 cm³/mol. The number of methoxy groups -OCH3 is 1. The van der Waals surface area contributed by atoms with Crippen molar-refractivity contribution < 1.29 is 9.53 Å². The first-order valence-electron chi connectivity index (χ1n) is 8.46. The van der Waals surface area contributed by atoms with Crippen molar-refractivity contribution in [1.82, 2.24) is 20.0 Å². The molecular weight excluding hydrogens is 308 g/mol. The van der Waals surface area contributed by atoms with E-state index in [0.29, 0.717) is 13.1 Å². The highest BCUT2D eigenvalue weighted by molar-refractivity contribution is 5.77. The molecular formula is C16H26N6O2. The van der Waals surface area contributed by atoms with E-state index in [1.165, 1.54) is 0 Å². The summed E-state index contributed by atoms with van der Waals surface area (Å²) in [6.07, 6.45) is 0. The quantitative estimate of drug-likeness (QED) is 0.737. The van der Waals surface area contributed by atoms with Crippen LogP contribution >= 0.6 is 0 Å². The number of piperazine rings is 2. The van der Waals surface area contributed by atoms with Crippen molar-refractivity contribution in [2.24, 2.45) is 0 Å². The van der Waals surface area contributed by atoms with Gasteiger partial charge in [-0.1, -0.05) is 0 Å². The normalized spacial score (nSPS) is 19.7. The zero-order valence-corrected chi connectivity index (χ0v) is 14.5. The Morgan fingerprint density at radius 2 is 1.46 bits per heavy atom. The van der Waals surface area contributed by atoms with E-state index >= 15 is 0 Å². The molecule has 24 heavy (non-hydrogen) atoms. The smallest absolute Gasteiger partial charge is 0.248 e. The predicted octanol–water partition coefficient (Wildman–Crippen LogP) is -0.477. The highest BCUT2D eigenvalue weighted by Crippen LogP contribution is 2.17. The maximum absolute atomic E-state index is 11.8. The van der Waals surface area contributed by atoms with Gasteiger partial charge in [0.1, 0.15) is 6.61 Å². The summed E-state index contributed by atoms with van der Waals surface area (Å²) < 4.78 is 4.91. The van der Waals surface area contributed by atoms with Crippen LogP contribution in [0.2, 0.25) is 0 Å². The third-order valence-electron chi connectivity index (χ3n) is 4.69. The highest BCUT2D eigenvalue weighted by Gasteiger charge is 2.22. The lowest BCUT2D eigenvalue weighted by molar-refractivity contribution is -0.135. The Morgan fingerprint density at radius 3 is 1.92 bits per heavy atom. The minimum atomic E-state index is 0.0497. The van der Waals surface area contributed by atoms with Gasteiger partial charge in [-0.05, 0) is 19.2 Å². The first kappa shape index (κ1) is 16.9. The number of hydrogen-bond donors (Lipinski definition) is 0. The summed E-state index contributed by atoms with van der Waals surface area (Å²) in [4.78, 5) is 20.4. The number of carbonyl (C=O) groups excluding carboxylic acids is 1. The summed E-state index contributed by atoms with van der Waals surface area (Å²) >= 11 is 0. The number of nitrogens with zero attached hydrogens (tertiary/aromatic N) is 6. The van der Waals surface area contributed by atoms with Gasteiger partial charge >= 0.3 is 0 Å². The van der Waals surface area contributed by atoms with Crippen LogP contribution in [0.3, 0.4) is 0 Å². The molecule has 2 saturated heterocycles. The summed E-state index contributed by atoms with van der Waals surface area (Å²) in [5.41, 5.74) is 0. The van der Waals surface area contributed by atoms with Crippen LogP contribution in [0.5, 0.6) is 0 Å². The van der Waals surface area contributed by atoms with E-state index in [0.717, 1.165) is 50.9 Å². The van der Waals surface area contributed by atoms with Gasteiger partial charge in [-0.25, -0.2) is 0 Å². The van der Waals surface area contributed by atoms with Crippen LogP contribution in [-0.4, -0.2) is 99.0 Å². The van der Waals surface area contributed by atoms with Crippen LogP contribution in [0.1, 0.15) is 0 Å². The molecule has 0 spiro atoms. The molecule has 1 amide bonds. The van der Waals surface area contributed by atoms with E-state index in [-0.39, 0.29) is 12.5 Å². The molecule has 1 aromatic heterocycles. The van der Waals surface area contributed by atoms with Gasteiger partial charge in [0.25, 0.3) is 0 Å². The molecule has 2 fully saturated rings. The lowest BCUT2D eigenvalue weighted by Gasteiger charge is -2.35. The van der Waals surface area contributed by atoms with Crippen molar-refractivity contribution >= 4 is 17.5 Å². The average Bonchev–Trinajstić information content (AvgIpc) is 2.63. The molecule has 3 rings (SSSR count). The maximum atomic E-state index is 11.8. The van der Waals surface area contributed by atoms with Gasteiger partial charge in [-0.15, -0.1) is 10.2 Å². The van der Waals surface area contributed by atoms with Crippen LogP contribution in [0.25, 0.3) is 0 Å². The van der Waals surface area contributed by atoms with Crippen LogP contribution < -0.4 is 9.80 Å². The molecule has 0 radical (unpaired) electrons. The molecule has 1 aromatic rings. The average molecular weight is 334 g/mol. The molecule has 132 valence electrons. The Balaban J connectivity index is 1.54. The summed E-state index contributed by atoms with van der Waals surface area (Å²) in [6.45, 7) is 7.20. The molecule has 8 heteroatoms. The van der Waals surface area contributed by atoms with Crippen molar-refractivity contribution in [2.45, 2.75) is 0 Å². The minimum Gasteiger partial charge on any atom is -0.375 e. The van der Waals surface area contributed by atoms with E-state index in [2.05, 4.69) is 38.0 Å². The third kappa shape index (κ3) is 3.93. The largest absolute Gasteiger partial charge is 0.375 e. The van der Waals surface area contributed by atoms with E-state index in [1.807, 2.05) is 11.0 Å². The Labute approximate surface area is 143 Å². The molecule has 0 aliphatic carbocycles. The van der Waals surface area contributed by atoms with Gasteiger partial charge in [-0.2, -0.15) is 0 Å². The number of anilines is 2. The monoisotopic (exact) mass is 334 g/mol. The molecule has 3 heterocycles. The van der Waals surface area contributed by atoms with Gasteiger partial charge in [0.05, 0.1) is 0 Å². The minimum absolute atomic E-state index is 0.0497. The van der Waals surface area contributed by atoms with Crippen molar-refractivity contribution in [3.05, 3.63) is 12.1 Å². The number of likely N-dealkylation sites (N-methyl/N-ethyl adjacent to an activating group) is 1. The van der Waals surface area contributed by atoms with Crippen molar-refractivity contribution in [3.63, 3.8) is 0 Å². The fourth-order valence-corrected chi connectivity index (χ4v) is 3.09. The zero-order chi connectivity index (χ0) is 16.9. The van der Waals surface area contributed by atoms with Crippen LogP contribution in [0, 0.1) is 0 Å². The molecule has 2 aliphatic rings. The summed E-state index contributed by atoms with van der Waals surface area (Å²) in [5.74, 6) is 1.88. The summed E-state index contributed by atoms with van der Waals surface area (Å²) in [5, 5.41) is 8.80. The van der Waals surface area contributed by atoms with Crippen molar-refractivity contribution in [2.75, 3.05) is 82.9 Å². The van der Waals surface area contributed by atoms with E-state index in [1.54, 1.807) is 7.11 Å². The highest BCUT2D eigenvalue weighted by atomic mass is 16.5. The zero-order valence-electron chi connectivity index (χ0n) is 14.5. The molecule has 8 nitrogen and oxygen atoms in total. The molecule has 0 aromatic carbocycles. The van der Waals surface area contributed by atoms with Crippen LogP contribution in [0.4, 0.5) is 11.6 Å². The second-order valence-electron chi connectivity index (χ2n) is 6.34. The summed E-state index contributed by atoms with van der Waals surface area (Å²) in [6, 6.07) is 4.09. The second kappa shape index (κ2) is 7.76. The topological polar surface area (TPSA) is 65.0 Å². The first-order valence-corrected chi connectivity index (χ1v) is 8.46. The fourth-order valence-electron chi connectivity index (χ4n) is 3.09. The number of aromatic nitrogens is 2. The molecule has 2 aliphatic heterocycles. The number of amides is 1. The lowest BCUT2D eigenvalue weighted by atomic mass is 10.3. The van der Waals surface area contributed by atoms with Gasteiger partial charge < -0.3 is 24.3 Å². The van der Waals surface area contributed by atoms with Gasteiger partial charge in [0.2, 0.25) is 5.91 Å². The molecule has 0 unspecified atom stereocenters. The third-order valence-corrected chi connectivity index (χ3v) is 4.69. The number of hydrogen-bond acceptors (Lipinski definition) is 7. The maximum Gasteiger partial charge on any atom is 0.248 e.